The minimum atomic E-state index is 0.129. The molecule has 132 valence electrons. The predicted octanol–water partition coefficient (Wildman–Crippen LogP) is 5.93. The van der Waals surface area contributed by atoms with Crippen LogP contribution in [0.2, 0.25) is 5.02 Å². The predicted molar refractivity (Wildman–Crippen MR) is 114 cm³/mol. The topological polar surface area (TPSA) is 37.0 Å². The molecular formula is C20H18ClN3S2. The lowest BCUT2D eigenvalue weighted by Crippen LogP contribution is -2.30. The van der Waals surface area contributed by atoms with Gasteiger partial charge in [0.15, 0.2) is 5.11 Å². The quantitative estimate of drug-likeness (QED) is 0.519. The van der Waals surface area contributed by atoms with Gasteiger partial charge in [-0.2, -0.15) is 0 Å². The molecular weight excluding hydrogens is 382 g/mol. The maximum absolute atomic E-state index is 5.91. The standard InChI is InChI=1S/C20H18ClN3S2/c1-14(15-5-3-2-4-6-15)23-20(25)24-17-9-12-19(22-13-17)26-18-10-7-16(21)8-11-18/h2-14H,1H3,(H2,23,24,25). The smallest absolute Gasteiger partial charge is 0.171 e. The number of pyridine rings is 1. The van der Waals surface area contributed by atoms with E-state index in [1.165, 1.54) is 5.56 Å². The SMILES string of the molecule is CC(NC(=S)Nc1ccc(Sc2ccc(Cl)cc2)nc1)c1ccccc1. The van der Waals surface area contributed by atoms with Crippen LogP contribution in [-0.2, 0) is 0 Å². The van der Waals surface area contributed by atoms with Crippen molar-refractivity contribution >= 4 is 46.4 Å². The van der Waals surface area contributed by atoms with E-state index in [1.807, 2.05) is 54.6 Å². The molecule has 0 aliphatic carbocycles. The minimum Gasteiger partial charge on any atom is -0.356 e. The normalized spacial score (nSPS) is 11.6. The number of anilines is 1. The number of hydrogen-bond donors (Lipinski definition) is 2. The maximum Gasteiger partial charge on any atom is 0.171 e. The van der Waals surface area contributed by atoms with E-state index in [9.17, 15) is 0 Å². The van der Waals surface area contributed by atoms with E-state index in [4.69, 9.17) is 23.8 Å². The zero-order valence-electron chi connectivity index (χ0n) is 14.1. The summed E-state index contributed by atoms with van der Waals surface area (Å²) in [5.74, 6) is 0. The summed E-state index contributed by atoms with van der Waals surface area (Å²) in [7, 11) is 0. The van der Waals surface area contributed by atoms with Gasteiger partial charge in [-0.05, 0) is 61.1 Å². The lowest BCUT2D eigenvalue weighted by molar-refractivity contribution is 0.722. The third-order valence-corrected chi connectivity index (χ3v) is 5.11. The number of thiocarbonyl (C=S) groups is 1. The van der Waals surface area contributed by atoms with E-state index in [0.29, 0.717) is 5.11 Å². The van der Waals surface area contributed by atoms with Gasteiger partial charge in [0.05, 0.1) is 17.9 Å². The second-order valence-corrected chi connectivity index (χ2v) is 7.61. The average molecular weight is 400 g/mol. The second kappa shape index (κ2) is 9.03. The van der Waals surface area contributed by atoms with Gasteiger partial charge in [0, 0.05) is 9.92 Å². The first-order valence-electron chi connectivity index (χ1n) is 8.12. The van der Waals surface area contributed by atoms with Crippen LogP contribution >= 0.6 is 35.6 Å². The highest BCUT2D eigenvalue weighted by atomic mass is 35.5. The molecule has 3 rings (SSSR count). The summed E-state index contributed by atoms with van der Waals surface area (Å²) >= 11 is 12.9. The van der Waals surface area contributed by atoms with Crippen molar-refractivity contribution in [3.8, 4) is 0 Å². The second-order valence-electron chi connectivity index (χ2n) is 5.67. The van der Waals surface area contributed by atoms with Gasteiger partial charge in [0.1, 0.15) is 5.03 Å². The molecule has 1 atom stereocenters. The third kappa shape index (κ3) is 5.46. The van der Waals surface area contributed by atoms with Crippen LogP contribution in [0.1, 0.15) is 18.5 Å². The molecule has 0 radical (unpaired) electrons. The number of aromatic nitrogens is 1. The van der Waals surface area contributed by atoms with Crippen LogP contribution in [0.5, 0.6) is 0 Å². The molecule has 1 unspecified atom stereocenters. The van der Waals surface area contributed by atoms with E-state index in [1.54, 1.807) is 18.0 Å². The highest BCUT2D eigenvalue weighted by Gasteiger charge is 2.07. The first kappa shape index (κ1) is 18.7. The molecule has 6 heteroatoms. The molecule has 0 saturated heterocycles. The highest BCUT2D eigenvalue weighted by molar-refractivity contribution is 7.99. The zero-order valence-corrected chi connectivity index (χ0v) is 16.5. The summed E-state index contributed by atoms with van der Waals surface area (Å²) < 4.78 is 0. The maximum atomic E-state index is 5.91. The summed E-state index contributed by atoms with van der Waals surface area (Å²) in [5, 5.41) is 8.66. The summed E-state index contributed by atoms with van der Waals surface area (Å²) in [4.78, 5) is 5.56. The molecule has 26 heavy (non-hydrogen) atoms. The Morgan fingerprint density at radius 1 is 1.04 bits per heavy atom. The van der Waals surface area contributed by atoms with Gasteiger partial charge in [-0.1, -0.05) is 53.7 Å². The van der Waals surface area contributed by atoms with Gasteiger partial charge < -0.3 is 10.6 Å². The molecule has 0 amide bonds. The van der Waals surface area contributed by atoms with Crippen molar-refractivity contribution in [3.05, 3.63) is 83.5 Å². The number of benzene rings is 2. The van der Waals surface area contributed by atoms with E-state index < -0.39 is 0 Å². The van der Waals surface area contributed by atoms with Gasteiger partial charge in [-0.3, -0.25) is 0 Å². The van der Waals surface area contributed by atoms with Gasteiger partial charge >= 0.3 is 0 Å². The number of nitrogens with one attached hydrogen (secondary N) is 2. The Morgan fingerprint density at radius 3 is 2.42 bits per heavy atom. The van der Waals surface area contributed by atoms with Crippen LogP contribution in [-0.4, -0.2) is 10.1 Å². The van der Waals surface area contributed by atoms with Crippen LogP contribution in [0.4, 0.5) is 5.69 Å². The van der Waals surface area contributed by atoms with Gasteiger partial charge in [0.25, 0.3) is 0 Å². The molecule has 0 fully saturated rings. The fourth-order valence-corrected chi connectivity index (χ4v) is 3.50. The van der Waals surface area contributed by atoms with Crippen molar-refractivity contribution < 1.29 is 0 Å². The van der Waals surface area contributed by atoms with Gasteiger partial charge in [-0.15, -0.1) is 0 Å². The number of hydrogen-bond acceptors (Lipinski definition) is 3. The Kier molecular flexibility index (Phi) is 6.50. The molecule has 1 heterocycles. The number of rotatable bonds is 5. The van der Waals surface area contributed by atoms with E-state index in [-0.39, 0.29) is 6.04 Å². The number of halogens is 1. The molecule has 0 bridgehead atoms. The highest BCUT2D eigenvalue weighted by Crippen LogP contribution is 2.27. The molecule has 2 aromatic carbocycles. The molecule has 3 nitrogen and oxygen atoms in total. The van der Waals surface area contributed by atoms with Gasteiger partial charge in [0.2, 0.25) is 0 Å². The monoisotopic (exact) mass is 399 g/mol. The first-order chi connectivity index (χ1) is 12.6. The lowest BCUT2D eigenvalue weighted by Gasteiger charge is -2.17. The Hall–Kier alpha value is -2.08. The molecule has 0 aliphatic heterocycles. The van der Waals surface area contributed by atoms with Crippen LogP contribution in [0.25, 0.3) is 0 Å². The summed E-state index contributed by atoms with van der Waals surface area (Å²) in [6, 6.07) is 21.9. The van der Waals surface area contributed by atoms with Gasteiger partial charge in [-0.25, -0.2) is 4.98 Å². The van der Waals surface area contributed by atoms with Crippen LogP contribution in [0.3, 0.4) is 0 Å². The van der Waals surface area contributed by atoms with Crippen LogP contribution in [0.15, 0.2) is 82.8 Å². The Labute approximate surface area is 168 Å². The Balaban J connectivity index is 1.55. The lowest BCUT2D eigenvalue weighted by atomic mass is 10.1. The summed E-state index contributed by atoms with van der Waals surface area (Å²) in [6.07, 6.45) is 1.78. The fourth-order valence-electron chi connectivity index (χ4n) is 2.33. The van der Waals surface area contributed by atoms with E-state index >= 15 is 0 Å². The first-order valence-corrected chi connectivity index (χ1v) is 9.72. The molecule has 1 aromatic heterocycles. The minimum absolute atomic E-state index is 0.129. The molecule has 2 N–H and O–H groups in total. The van der Waals surface area contributed by atoms with Crippen molar-refractivity contribution in [2.24, 2.45) is 0 Å². The van der Waals surface area contributed by atoms with Crippen molar-refractivity contribution in [1.82, 2.24) is 10.3 Å². The molecule has 0 saturated carbocycles. The third-order valence-electron chi connectivity index (χ3n) is 3.68. The zero-order chi connectivity index (χ0) is 18.4. The van der Waals surface area contributed by atoms with Crippen molar-refractivity contribution in [2.75, 3.05) is 5.32 Å². The molecule has 0 spiro atoms. The van der Waals surface area contributed by atoms with Crippen molar-refractivity contribution in [2.45, 2.75) is 22.9 Å². The summed E-state index contributed by atoms with van der Waals surface area (Å²) in [5.41, 5.74) is 2.03. The fraction of sp³-hybridized carbons (Fsp3) is 0.100. The van der Waals surface area contributed by atoms with Crippen LogP contribution < -0.4 is 10.6 Å². The Morgan fingerprint density at radius 2 is 1.77 bits per heavy atom. The van der Waals surface area contributed by atoms with E-state index in [2.05, 4.69) is 34.7 Å². The molecule has 3 aromatic rings. The van der Waals surface area contributed by atoms with E-state index in [0.717, 1.165) is 20.6 Å². The Bertz CT molecular complexity index is 852. The summed E-state index contributed by atoms with van der Waals surface area (Å²) in [6.45, 7) is 2.08. The number of nitrogens with zero attached hydrogens (tertiary/aromatic N) is 1. The van der Waals surface area contributed by atoms with Crippen molar-refractivity contribution in [1.29, 1.82) is 0 Å². The van der Waals surface area contributed by atoms with Crippen LogP contribution in [0, 0.1) is 0 Å². The molecule has 0 aliphatic rings. The largest absolute Gasteiger partial charge is 0.356 e. The average Bonchev–Trinajstić information content (AvgIpc) is 2.66. The van der Waals surface area contributed by atoms with Crippen molar-refractivity contribution in [3.63, 3.8) is 0 Å².